The van der Waals surface area contributed by atoms with Crippen LogP contribution in [-0.2, 0) is 22.4 Å². The Hall–Kier alpha value is -4.81. The predicted molar refractivity (Wildman–Crippen MR) is 118 cm³/mol. The minimum absolute atomic E-state index is 0.239. The molecular weight excluding hydrogens is 528 g/mol. The lowest BCUT2D eigenvalue weighted by Gasteiger charge is -2.21. The highest BCUT2D eigenvalue weighted by Crippen LogP contribution is 2.41. The first kappa shape index (κ1) is 29.4. The molecule has 0 aliphatic heterocycles. The molecular formula is C22H17F6N5O5. The molecule has 0 saturated carbocycles. The van der Waals surface area contributed by atoms with Crippen molar-refractivity contribution in [2.24, 2.45) is 0 Å². The van der Waals surface area contributed by atoms with Crippen molar-refractivity contribution in [3.63, 3.8) is 0 Å². The van der Waals surface area contributed by atoms with Crippen LogP contribution in [0.25, 0.3) is 22.4 Å². The molecule has 2 aromatic heterocycles. The third-order valence-electron chi connectivity index (χ3n) is 4.88. The molecule has 38 heavy (non-hydrogen) atoms. The van der Waals surface area contributed by atoms with Crippen molar-refractivity contribution < 1.29 is 50.9 Å². The minimum Gasteiger partial charge on any atom is -0.497 e. The van der Waals surface area contributed by atoms with Gasteiger partial charge in [-0.2, -0.15) is 36.7 Å². The van der Waals surface area contributed by atoms with Gasteiger partial charge in [-0.1, -0.05) is 12.1 Å². The van der Waals surface area contributed by atoms with Crippen molar-refractivity contribution in [1.82, 2.24) is 15.2 Å². The number of carboxylic acids is 2. The standard InChI is InChI=1S/C18H15N5O.2C2HF3O2/c1-24-11-4-2-3-10(7-11)16-12-5-6-15-14(9-21-23-15)17(12)22-18(20)13(16)8-19;2*3-2(4,5)1(6)7/h2-4,7,9H,5-6H2,1H3,(H2,20,22)(H,21,23);2*(H,6,7). The van der Waals surface area contributed by atoms with Crippen LogP contribution in [0.1, 0.15) is 16.8 Å². The van der Waals surface area contributed by atoms with E-state index in [2.05, 4.69) is 21.3 Å². The number of nitriles is 1. The second-order valence-electron chi connectivity index (χ2n) is 7.29. The second kappa shape index (κ2) is 11.5. The first-order valence-corrected chi connectivity index (χ1v) is 10.1. The molecule has 1 aliphatic carbocycles. The average Bonchev–Trinajstić information content (AvgIpc) is 3.32. The summed E-state index contributed by atoms with van der Waals surface area (Å²) in [6.45, 7) is 0. The Morgan fingerprint density at radius 3 is 2.18 bits per heavy atom. The first-order chi connectivity index (χ1) is 17.6. The summed E-state index contributed by atoms with van der Waals surface area (Å²) in [5.74, 6) is -4.54. The number of nitrogens with one attached hydrogen (secondary N) is 1. The molecule has 0 radical (unpaired) electrons. The normalized spacial score (nSPS) is 11.8. The molecule has 0 bridgehead atoms. The maximum atomic E-state index is 10.6. The molecule has 1 aliphatic rings. The number of aromatic nitrogens is 3. The molecule has 202 valence electrons. The van der Waals surface area contributed by atoms with E-state index in [0.717, 1.165) is 52.2 Å². The van der Waals surface area contributed by atoms with E-state index in [4.69, 9.17) is 30.3 Å². The van der Waals surface area contributed by atoms with E-state index >= 15 is 0 Å². The number of nitrogen functional groups attached to an aromatic ring is 1. The van der Waals surface area contributed by atoms with Crippen LogP contribution in [-0.4, -0.2) is 56.8 Å². The number of carbonyl (C=O) groups is 2. The summed E-state index contributed by atoms with van der Waals surface area (Å²) < 4.78 is 68.8. The Balaban J connectivity index is 0.000000301. The molecule has 1 aromatic carbocycles. The van der Waals surface area contributed by atoms with E-state index in [1.807, 2.05) is 24.3 Å². The van der Waals surface area contributed by atoms with Crippen LogP contribution in [0, 0.1) is 11.3 Å². The summed E-state index contributed by atoms with van der Waals surface area (Å²) in [6, 6.07) is 9.88. The molecule has 2 heterocycles. The van der Waals surface area contributed by atoms with E-state index in [9.17, 15) is 31.6 Å². The lowest BCUT2D eigenvalue weighted by molar-refractivity contribution is -0.193. The number of anilines is 1. The summed E-state index contributed by atoms with van der Waals surface area (Å²) >= 11 is 0. The lowest BCUT2D eigenvalue weighted by Crippen LogP contribution is -2.21. The number of H-pyrrole nitrogens is 1. The quantitative estimate of drug-likeness (QED) is 0.347. The summed E-state index contributed by atoms with van der Waals surface area (Å²) in [6.07, 6.45) is -6.80. The smallest absolute Gasteiger partial charge is 0.490 e. The number of hydrogen-bond acceptors (Lipinski definition) is 7. The van der Waals surface area contributed by atoms with Gasteiger partial charge in [0.15, 0.2) is 0 Å². The van der Waals surface area contributed by atoms with Crippen LogP contribution in [0.15, 0.2) is 30.5 Å². The van der Waals surface area contributed by atoms with Crippen LogP contribution in [0.2, 0.25) is 0 Å². The minimum atomic E-state index is -5.08. The third-order valence-corrected chi connectivity index (χ3v) is 4.88. The maximum Gasteiger partial charge on any atom is 0.490 e. The maximum absolute atomic E-state index is 10.6. The van der Waals surface area contributed by atoms with Gasteiger partial charge in [-0.25, -0.2) is 14.6 Å². The number of carboxylic acid groups (broad SMARTS) is 2. The van der Waals surface area contributed by atoms with Gasteiger partial charge >= 0.3 is 24.3 Å². The fourth-order valence-electron chi connectivity index (χ4n) is 3.28. The van der Waals surface area contributed by atoms with Crippen molar-refractivity contribution in [2.45, 2.75) is 25.2 Å². The molecule has 0 atom stereocenters. The number of ether oxygens (including phenoxy) is 1. The zero-order valence-corrected chi connectivity index (χ0v) is 19.1. The molecule has 10 nitrogen and oxygen atoms in total. The Kier molecular flexibility index (Phi) is 8.90. The molecule has 16 heteroatoms. The number of pyridine rings is 1. The molecule has 0 spiro atoms. The average molecular weight is 545 g/mol. The Morgan fingerprint density at radius 2 is 1.68 bits per heavy atom. The Labute approximate surface area is 209 Å². The molecule has 4 rings (SSSR count). The van der Waals surface area contributed by atoms with Gasteiger partial charge in [0, 0.05) is 16.8 Å². The van der Waals surface area contributed by atoms with Crippen molar-refractivity contribution in [2.75, 3.05) is 12.8 Å². The molecule has 0 fully saturated rings. The highest BCUT2D eigenvalue weighted by Gasteiger charge is 2.38. The largest absolute Gasteiger partial charge is 0.497 e. The van der Waals surface area contributed by atoms with Crippen molar-refractivity contribution in [3.8, 4) is 34.2 Å². The SMILES string of the molecule is COc1cccc(-c2c(C#N)c(N)nc3c2CCc2[nH]ncc2-3)c1.O=C(O)C(F)(F)F.O=C(O)C(F)(F)F. The van der Waals surface area contributed by atoms with Crippen LogP contribution in [0.5, 0.6) is 5.75 Å². The van der Waals surface area contributed by atoms with Crippen LogP contribution >= 0.6 is 0 Å². The number of hydrogen-bond donors (Lipinski definition) is 4. The molecule has 3 aromatic rings. The number of fused-ring (bicyclic) bond motifs is 3. The number of nitrogens with zero attached hydrogens (tertiary/aromatic N) is 3. The third kappa shape index (κ3) is 6.90. The van der Waals surface area contributed by atoms with Crippen LogP contribution in [0.4, 0.5) is 32.2 Å². The number of aliphatic carboxylic acids is 2. The number of alkyl halides is 6. The topological polar surface area (TPSA) is 175 Å². The van der Waals surface area contributed by atoms with E-state index in [1.165, 1.54) is 0 Å². The van der Waals surface area contributed by atoms with Gasteiger partial charge in [-0.15, -0.1) is 0 Å². The fourth-order valence-corrected chi connectivity index (χ4v) is 3.28. The summed E-state index contributed by atoms with van der Waals surface area (Å²) in [7, 11) is 1.62. The summed E-state index contributed by atoms with van der Waals surface area (Å²) in [5.41, 5.74) is 12.1. The second-order valence-corrected chi connectivity index (χ2v) is 7.29. The van der Waals surface area contributed by atoms with E-state index in [0.29, 0.717) is 5.56 Å². The van der Waals surface area contributed by atoms with Gasteiger partial charge in [0.2, 0.25) is 0 Å². The number of aromatic amines is 1. The van der Waals surface area contributed by atoms with Gasteiger partial charge < -0.3 is 20.7 Å². The number of nitrogens with two attached hydrogens (primary N) is 1. The number of rotatable bonds is 2. The highest BCUT2D eigenvalue weighted by molar-refractivity contribution is 5.86. The Bertz CT molecular complexity index is 1350. The lowest BCUT2D eigenvalue weighted by atomic mass is 9.86. The molecule has 0 amide bonds. The molecule has 0 unspecified atom stereocenters. The van der Waals surface area contributed by atoms with Gasteiger partial charge in [-0.3, -0.25) is 5.10 Å². The van der Waals surface area contributed by atoms with Gasteiger partial charge in [-0.05, 0) is 36.1 Å². The van der Waals surface area contributed by atoms with Gasteiger partial charge in [0.25, 0.3) is 0 Å². The first-order valence-electron chi connectivity index (χ1n) is 10.1. The predicted octanol–water partition coefficient (Wildman–Crippen LogP) is 3.97. The van der Waals surface area contributed by atoms with Crippen LogP contribution in [0.3, 0.4) is 0 Å². The number of aryl methyl sites for hydroxylation is 1. The van der Waals surface area contributed by atoms with Crippen LogP contribution < -0.4 is 10.5 Å². The number of methoxy groups -OCH3 is 1. The summed E-state index contributed by atoms with van der Waals surface area (Å²) in [4.78, 5) is 22.3. The zero-order chi connectivity index (χ0) is 28.8. The van der Waals surface area contributed by atoms with Gasteiger partial charge in [0.1, 0.15) is 23.2 Å². The van der Waals surface area contributed by atoms with E-state index in [1.54, 1.807) is 13.3 Å². The Morgan fingerprint density at radius 1 is 1.11 bits per heavy atom. The fraction of sp³-hybridized carbons (Fsp3) is 0.227. The number of halogens is 6. The van der Waals surface area contributed by atoms with Crippen molar-refractivity contribution >= 4 is 17.8 Å². The van der Waals surface area contributed by atoms with Crippen molar-refractivity contribution in [3.05, 3.63) is 47.3 Å². The molecule has 0 saturated heterocycles. The van der Waals surface area contributed by atoms with E-state index in [-0.39, 0.29) is 5.82 Å². The monoisotopic (exact) mass is 545 g/mol. The number of benzene rings is 1. The zero-order valence-electron chi connectivity index (χ0n) is 19.1. The highest BCUT2D eigenvalue weighted by atomic mass is 19.4. The molecule has 5 N–H and O–H groups in total. The van der Waals surface area contributed by atoms with Crippen molar-refractivity contribution in [1.29, 1.82) is 5.26 Å². The van der Waals surface area contributed by atoms with E-state index < -0.39 is 24.3 Å². The summed E-state index contributed by atoms with van der Waals surface area (Å²) in [5, 5.41) is 31.0. The van der Waals surface area contributed by atoms with Gasteiger partial charge in [0.05, 0.1) is 19.0 Å².